The molecule has 0 saturated carbocycles. The second-order valence-corrected chi connectivity index (χ2v) is 9.68. The Labute approximate surface area is 239 Å². The maximum atomic E-state index is 9.25. The predicted molar refractivity (Wildman–Crippen MR) is 167 cm³/mol. The molecule has 9 nitrogen and oxygen atoms in total. The molecule has 0 saturated heterocycles. The number of aliphatic hydroxyl groups excluding tert-OH is 1. The van der Waals surface area contributed by atoms with Gasteiger partial charge >= 0.3 is 0 Å². The standard InChI is InChI=1S/C32H36N6O3/c1-40-15-12-34-31(33)25-9-7-23-17-27(37-29(23)19-25)21-3-5-22(6-4-21)28-18-24-8-10-26(20-30(24)38-28)32(35-11-14-39)36-13-16-41-2/h3-10,17-20,37-39H,11-16H2,1-2H3,(H2,33,34)(H,35,36). The molecule has 5 aromatic rings. The fourth-order valence-electron chi connectivity index (χ4n) is 4.73. The topological polar surface area (TPSA) is 133 Å². The van der Waals surface area contributed by atoms with E-state index in [-0.39, 0.29) is 6.61 Å². The molecular formula is C32H36N6O3. The number of fused-ring (bicyclic) bond motifs is 2. The molecule has 0 radical (unpaired) electrons. The second-order valence-electron chi connectivity index (χ2n) is 9.68. The summed E-state index contributed by atoms with van der Waals surface area (Å²) < 4.78 is 10.2. The molecule has 41 heavy (non-hydrogen) atoms. The van der Waals surface area contributed by atoms with Crippen LogP contribution in [0.2, 0.25) is 0 Å². The normalized spacial score (nSPS) is 12.5. The van der Waals surface area contributed by atoms with Crippen molar-refractivity contribution >= 4 is 33.5 Å². The molecule has 2 heterocycles. The number of nitrogens with two attached hydrogens (primary N) is 1. The molecule has 0 fully saturated rings. The Hall–Kier alpha value is -4.44. The van der Waals surface area contributed by atoms with E-state index in [0.29, 0.717) is 38.7 Å². The van der Waals surface area contributed by atoms with E-state index in [4.69, 9.17) is 15.2 Å². The summed E-state index contributed by atoms with van der Waals surface area (Å²) in [6.45, 7) is 2.62. The number of aromatic nitrogens is 2. The van der Waals surface area contributed by atoms with Gasteiger partial charge in [0.25, 0.3) is 0 Å². The number of aliphatic imine (C=N–C) groups is 2. The third-order valence-corrected chi connectivity index (χ3v) is 6.87. The Morgan fingerprint density at radius 1 is 0.756 bits per heavy atom. The lowest BCUT2D eigenvalue weighted by atomic mass is 10.1. The third-order valence-electron chi connectivity index (χ3n) is 6.87. The van der Waals surface area contributed by atoms with E-state index in [0.717, 1.165) is 61.3 Å². The smallest absolute Gasteiger partial charge is 0.128 e. The number of methoxy groups -OCH3 is 2. The molecule has 0 unspecified atom stereocenters. The lowest BCUT2D eigenvalue weighted by molar-refractivity contribution is 0.204. The van der Waals surface area contributed by atoms with E-state index < -0.39 is 0 Å². The second kappa shape index (κ2) is 13.3. The number of H-pyrrole nitrogens is 2. The minimum Gasteiger partial charge on any atom is -0.394 e. The molecule has 6 N–H and O–H groups in total. The number of nitrogens with one attached hydrogen (secondary N) is 3. The molecule has 0 aliphatic rings. The molecule has 3 aromatic carbocycles. The number of aliphatic hydroxyl groups is 1. The van der Waals surface area contributed by atoms with Crippen LogP contribution in [0, 0.1) is 0 Å². The first-order chi connectivity index (χ1) is 20.1. The van der Waals surface area contributed by atoms with Gasteiger partial charge in [0, 0.05) is 65.1 Å². The van der Waals surface area contributed by atoms with Gasteiger partial charge in [-0.05, 0) is 35.4 Å². The van der Waals surface area contributed by atoms with Crippen LogP contribution in [0.15, 0.2) is 82.8 Å². The van der Waals surface area contributed by atoms with E-state index in [1.165, 1.54) is 0 Å². The highest BCUT2D eigenvalue weighted by molar-refractivity contribution is 6.02. The van der Waals surface area contributed by atoms with Gasteiger partial charge in [0.1, 0.15) is 11.7 Å². The summed E-state index contributed by atoms with van der Waals surface area (Å²) in [7, 11) is 3.32. The van der Waals surface area contributed by atoms with Gasteiger partial charge in [-0.15, -0.1) is 0 Å². The van der Waals surface area contributed by atoms with Crippen LogP contribution in [0.25, 0.3) is 44.3 Å². The zero-order chi connectivity index (χ0) is 28.6. The summed E-state index contributed by atoms with van der Waals surface area (Å²) >= 11 is 0. The van der Waals surface area contributed by atoms with Gasteiger partial charge in [-0.25, -0.2) is 0 Å². The molecule has 0 aliphatic carbocycles. The van der Waals surface area contributed by atoms with Crippen molar-refractivity contribution in [2.24, 2.45) is 15.7 Å². The summed E-state index contributed by atoms with van der Waals surface area (Å²) in [5.41, 5.74) is 14.3. The van der Waals surface area contributed by atoms with E-state index in [9.17, 15) is 5.11 Å². The molecule has 9 heteroatoms. The minimum atomic E-state index is -0.00132. The number of benzene rings is 3. The highest BCUT2D eigenvalue weighted by Gasteiger charge is 2.10. The van der Waals surface area contributed by atoms with Gasteiger partial charge in [-0.3, -0.25) is 9.98 Å². The van der Waals surface area contributed by atoms with Crippen molar-refractivity contribution in [2.75, 3.05) is 53.7 Å². The number of ether oxygens (including phenoxy) is 2. The largest absolute Gasteiger partial charge is 0.394 e. The van der Waals surface area contributed by atoms with E-state index >= 15 is 0 Å². The Kier molecular flexibility index (Phi) is 9.10. The Morgan fingerprint density at radius 3 is 1.93 bits per heavy atom. The van der Waals surface area contributed by atoms with Crippen molar-refractivity contribution < 1.29 is 14.6 Å². The van der Waals surface area contributed by atoms with Gasteiger partial charge in [0.05, 0.1) is 32.9 Å². The lowest BCUT2D eigenvalue weighted by Crippen LogP contribution is -2.28. The maximum Gasteiger partial charge on any atom is 0.128 e. The number of aromatic amines is 2. The van der Waals surface area contributed by atoms with Gasteiger partial charge in [-0.2, -0.15) is 0 Å². The first kappa shape index (κ1) is 28.1. The van der Waals surface area contributed by atoms with Crippen LogP contribution < -0.4 is 11.1 Å². The van der Waals surface area contributed by atoms with Gasteiger partial charge in [-0.1, -0.05) is 48.5 Å². The van der Waals surface area contributed by atoms with Crippen molar-refractivity contribution in [3.8, 4) is 22.5 Å². The van der Waals surface area contributed by atoms with Crippen molar-refractivity contribution in [1.82, 2.24) is 15.3 Å². The first-order valence-electron chi connectivity index (χ1n) is 13.6. The zero-order valence-corrected chi connectivity index (χ0v) is 23.4. The lowest BCUT2D eigenvalue weighted by Gasteiger charge is -2.10. The molecule has 5 rings (SSSR count). The predicted octanol–water partition coefficient (Wildman–Crippen LogP) is 4.31. The van der Waals surface area contributed by atoms with Crippen LogP contribution in [0.4, 0.5) is 0 Å². The fourth-order valence-corrected chi connectivity index (χ4v) is 4.73. The van der Waals surface area contributed by atoms with Crippen LogP contribution >= 0.6 is 0 Å². The Morgan fingerprint density at radius 2 is 1.34 bits per heavy atom. The molecule has 0 aliphatic heterocycles. The van der Waals surface area contributed by atoms with Gasteiger partial charge in [0.2, 0.25) is 0 Å². The molecule has 0 atom stereocenters. The van der Waals surface area contributed by atoms with E-state index in [1.54, 1.807) is 14.2 Å². The number of nitrogens with zero attached hydrogens (tertiary/aromatic N) is 2. The average molecular weight is 553 g/mol. The molecule has 0 bridgehead atoms. The highest BCUT2D eigenvalue weighted by atomic mass is 16.5. The number of hydrogen-bond acceptors (Lipinski definition) is 5. The van der Waals surface area contributed by atoms with Crippen molar-refractivity contribution in [2.45, 2.75) is 0 Å². The molecule has 0 spiro atoms. The summed E-state index contributed by atoms with van der Waals surface area (Å²) in [6.07, 6.45) is 0. The summed E-state index contributed by atoms with van der Waals surface area (Å²) in [4.78, 5) is 16.0. The van der Waals surface area contributed by atoms with E-state index in [2.05, 4.69) is 79.9 Å². The third kappa shape index (κ3) is 6.66. The Bertz CT molecular complexity index is 1670. The fraction of sp³-hybridized carbons (Fsp3) is 0.250. The zero-order valence-electron chi connectivity index (χ0n) is 23.4. The molecule has 2 aromatic heterocycles. The minimum absolute atomic E-state index is 0.00132. The van der Waals surface area contributed by atoms with E-state index in [1.807, 2.05) is 18.2 Å². The van der Waals surface area contributed by atoms with Crippen molar-refractivity contribution in [1.29, 1.82) is 0 Å². The summed E-state index contributed by atoms with van der Waals surface area (Å²) in [6, 6.07) is 25.1. The number of amidine groups is 2. The first-order valence-corrected chi connectivity index (χ1v) is 13.6. The summed E-state index contributed by atoms with van der Waals surface area (Å²) in [5.74, 6) is 1.25. The number of rotatable bonds is 12. The Balaban J connectivity index is 1.35. The van der Waals surface area contributed by atoms with Gasteiger partial charge in [0.15, 0.2) is 0 Å². The number of hydrogen-bond donors (Lipinski definition) is 5. The van der Waals surface area contributed by atoms with Gasteiger partial charge < -0.3 is 35.6 Å². The van der Waals surface area contributed by atoms with Crippen LogP contribution in [0.5, 0.6) is 0 Å². The van der Waals surface area contributed by atoms with Crippen LogP contribution in [0.1, 0.15) is 11.1 Å². The maximum absolute atomic E-state index is 9.25. The quantitative estimate of drug-likeness (QED) is 0.0894. The SMILES string of the molecule is COCC/N=C(\N)c1ccc2cc(-c3ccc(-c4cc5ccc(/C(=N/CCO)NCCOC)cc5[nH]4)cc3)[nH]c2c1. The highest BCUT2D eigenvalue weighted by Crippen LogP contribution is 2.29. The monoisotopic (exact) mass is 552 g/mol. The molecular weight excluding hydrogens is 516 g/mol. The van der Waals surface area contributed by atoms with Crippen LogP contribution in [0.3, 0.4) is 0 Å². The van der Waals surface area contributed by atoms with Crippen LogP contribution in [-0.2, 0) is 9.47 Å². The molecule has 0 amide bonds. The van der Waals surface area contributed by atoms with Crippen molar-refractivity contribution in [3.05, 3.63) is 83.9 Å². The van der Waals surface area contributed by atoms with Crippen LogP contribution in [-0.4, -0.2) is 80.4 Å². The molecule has 212 valence electrons. The van der Waals surface area contributed by atoms with Crippen molar-refractivity contribution in [3.63, 3.8) is 0 Å². The average Bonchev–Trinajstić information content (AvgIpc) is 3.63. The summed E-state index contributed by atoms with van der Waals surface area (Å²) in [5, 5.41) is 14.8.